The van der Waals surface area contributed by atoms with E-state index in [1.807, 2.05) is 52.0 Å². The van der Waals surface area contributed by atoms with Gasteiger partial charge < -0.3 is 15.5 Å². The van der Waals surface area contributed by atoms with Gasteiger partial charge in [0, 0.05) is 30.6 Å². The van der Waals surface area contributed by atoms with Crippen molar-refractivity contribution in [1.82, 2.24) is 9.80 Å². The van der Waals surface area contributed by atoms with Gasteiger partial charge in [0.05, 0.1) is 0 Å². The van der Waals surface area contributed by atoms with E-state index in [9.17, 15) is 9.59 Å². The molecule has 1 saturated heterocycles. The molecule has 1 aliphatic heterocycles. The Balaban J connectivity index is 0.00000113. The van der Waals surface area contributed by atoms with E-state index < -0.39 is 5.91 Å². The average molecular weight is 426 g/mol. The predicted molar refractivity (Wildman–Crippen MR) is 130 cm³/mol. The number of primary amides is 1. The second kappa shape index (κ2) is 12.3. The van der Waals surface area contributed by atoms with Gasteiger partial charge in [0.2, 0.25) is 5.91 Å². The summed E-state index contributed by atoms with van der Waals surface area (Å²) >= 11 is 0. The first-order valence-electron chi connectivity index (χ1n) is 11.2. The molecular formula is C26H39N3O2. The molecule has 170 valence electrons. The van der Waals surface area contributed by atoms with Crippen LogP contribution in [0.1, 0.15) is 72.4 Å². The first-order valence-corrected chi connectivity index (χ1v) is 11.2. The van der Waals surface area contributed by atoms with Crippen molar-refractivity contribution in [2.24, 2.45) is 5.73 Å². The minimum Gasteiger partial charge on any atom is -0.366 e. The summed E-state index contributed by atoms with van der Waals surface area (Å²) < 4.78 is 0. The van der Waals surface area contributed by atoms with E-state index >= 15 is 0 Å². The monoisotopic (exact) mass is 425 g/mol. The number of hydrogen-bond acceptors (Lipinski definition) is 3. The maximum absolute atomic E-state index is 12.2. The lowest BCUT2D eigenvalue weighted by Crippen LogP contribution is -2.41. The smallest absolute Gasteiger partial charge is 0.253 e. The highest BCUT2D eigenvalue weighted by atomic mass is 16.2. The van der Waals surface area contributed by atoms with E-state index in [2.05, 4.69) is 30.1 Å². The quantitative estimate of drug-likeness (QED) is 0.781. The third-order valence-electron chi connectivity index (χ3n) is 5.63. The number of hydrogen-bond donors (Lipinski definition) is 1. The van der Waals surface area contributed by atoms with E-state index in [1.54, 1.807) is 25.1 Å². The Labute approximate surface area is 188 Å². The highest BCUT2D eigenvalue weighted by Crippen LogP contribution is 2.41. The zero-order valence-electron chi connectivity index (χ0n) is 20.2. The van der Waals surface area contributed by atoms with Crippen LogP contribution in [0.15, 0.2) is 48.5 Å². The van der Waals surface area contributed by atoms with Crippen molar-refractivity contribution in [3.63, 3.8) is 0 Å². The van der Waals surface area contributed by atoms with Crippen LogP contribution in [0.2, 0.25) is 0 Å². The van der Waals surface area contributed by atoms with Gasteiger partial charge in [0.1, 0.15) is 0 Å². The fourth-order valence-corrected chi connectivity index (χ4v) is 3.90. The van der Waals surface area contributed by atoms with Gasteiger partial charge in [-0.2, -0.15) is 0 Å². The van der Waals surface area contributed by atoms with E-state index in [0.29, 0.717) is 11.1 Å². The molecule has 0 radical (unpaired) electrons. The molecule has 3 rings (SSSR count). The molecule has 31 heavy (non-hydrogen) atoms. The Bertz CT molecular complexity index is 836. The molecule has 1 heterocycles. The second-order valence-corrected chi connectivity index (χ2v) is 7.61. The zero-order chi connectivity index (χ0) is 23.6. The first-order chi connectivity index (χ1) is 14.8. The number of benzene rings is 2. The number of rotatable bonds is 4. The summed E-state index contributed by atoms with van der Waals surface area (Å²) in [4.78, 5) is 27.8. The lowest BCUT2D eigenvalue weighted by atomic mass is 9.67. The number of carbonyl (C=O) groups is 2. The van der Waals surface area contributed by atoms with Crippen LogP contribution < -0.4 is 5.73 Å². The average Bonchev–Trinajstić information content (AvgIpc) is 2.82. The van der Waals surface area contributed by atoms with Crippen molar-refractivity contribution in [3.8, 4) is 0 Å². The van der Waals surface area contributed by atoms with Crippen LogP contribution in [0.4, 0.5) is 0 Å². The van der Waals surface area contributed by atoms with Crippen molar-refractivity contribution in [1.29, 1.82) is 0 Å². The first kappa shape index (κ1) is 26.4. The van der Waals surface area contributed by atoms with Gasteiger partial charge in [-0.3, -0.25) is 9.59 Å². The van der Waals surface area contributed by atoms with E-state index in [-0.39, 0.29) is 11.3 Å². The van der Waals surface area contributed by atoms with Gasteiger partial charge in [0.25, 0.3) is 5.91 Å². The molecule has 2 N–H and O–H groups in total. The van der Waals surface area contributed by atoms with Crippen LogP contribution in [0.3, 0.4) is 0 Å². The molecule has 0 saturated carbocycles. The van der Waals surface area contributed by atoms with Gasteiger partial charge >= 0.3 is 0 Å². The molecule has 0 spiro atoms. The Morgan fingerprint density at radius 2 is 1.42 bits per heavy atom. The molecular weight excluding hydrogens is 386 g/mol. The summed E-state index contributed by atoms with van der Waals surface area (Å²) in [5, 5.41) is 0. The molecule has 1 fully saturated rings. The fraction of sp³-hybridized carbons (Fsp3) is 0.462. The van der Waals surface area contributed by atoms with E-state index in [0.717, 1.165) is 31.5 Å². The van der Waals surface area contributed by atoms with Crippen molar-refractivity contribution in [2.75, 3.05) is 34.2 Å². The largest absolute Gasteiger partial charge is 0.366 e. The number of nitrogens with zero attached hydrogens (tertiary/aromatic N) is 2. The molecule has 2 aromatic carbocycles. The van der Waals surface area contributed by atoms with E-state index in [1.165, 1.54) is 5.56 Å². The molecule has 0 aliphatic carbocycles. The molecule has 0 bridgehead atoms. The second-order valence-electron chi connectivity index (χ2n) is 7.61. The Morgan fingerprint density at radius 1 is 0.871 bits per heavy atom. The van der Waals surface area contributed by atoms with Gasteiger partial charge in [-0.15, -0.1) is 0 Å². The molecule has 1 aliphatic rings. The normalized spacial score (nSPS) is 14.9. The lowest BCUT2D eigenvalue weighted by Gasteiger charge is -2.42. The standard InChI is InChI=1S/C22H27N3O2.2C2H6/c1-24(2)21(27)16-7-9-18(10-8-16)22(11-13-25(3)14-12-22)19-6-4-5-17(15-19)20(23)26;2*1-2/h4-10,15H,11-14H2,1-3H3,(H2,23,26);2*1-2H3. The maximum atomic E-state index is 12.2. The van der Waals surface area contributed by atoms with E-state index in [4.69, 9.17) is 5.73 Å². The maximum Gasteiger partial charge on any atom is 0.253 e. The molecule has 2 amide bonds. The fourth-order valence-electron chi connectivity index (χ4n) is 3.90. The highest BCUT2D eigenvalue weighted by Gasteiger charge is 2.37. The summed E-state index contributed by atoms with van der Waals surface area (Å²) in [5.41, 5.74) is 8.82. The van der Waals surface area contributed by atoms with Crippen molar-refractivity contribution >= 4 is 11.8 Å². The summed E-state index contributed by atoms with van der Waals surface area (Å²) in [6, 6.07) is 15.6. The highest BCUT2D eigenvalue weighted by molar-refractivity contribution is 5.94. The van der Waals surface area contributed by atoms with Crippen LogP contribution in [0.25, 0.3) is 0 Å². The lowest BCUT2D eigenvalue weighted by molar-refractivity contribution is 0.0827. The van der Waals surface area contributed by atoms with Crippen LogP contribution >= 0.6 is 0 Å². The minimum atomic E-state index is -0.410. The Kier molecular flexibility index (Phi) is 10.4. The number of amides is 2. The predicted octanol–water partition coefficient (Wildman–Crippen LogP) is 4.55. The van der Waals surface area contributed by atoms with Gasteiger partial charge in [-0.1, -0.05) is 52.0 Å². The molecule has 2 aromatic rings. The zero-order valence-corrected chi connectivity index (χ0v) is 20.2. The van der Waals surface area contributed by atoms with Crippen LogP contribution in [-0.2, 0) is 5.41 Å². The van der Waals surface area contributed by atoms with Crippen LogP contribution in [-0.4, -0.2) is 55.8 Å². The van der Waals surface area contributed by atoms with Crippen molar-refractivity contribution < 1.29 is 9.59 Å². The van der Waals surface area contributed by atoms with Gasteiger partial charge in [-0.25, -0.2) is 0 Å². The van der Waals surface area contributed by atoms with Gasteiger partial charge in [-0.05, 0) is 68.4 Å². The van der Waals surface area contributed by atoms with Gasteiger partial charge in [0.15, 0.2) is 0 Å². The number of nitrogens with two attached hydrogens (primary N) is 1. The summed E-state index contributed by atoms with van der Waals surface area (Å²) in [5.74, 6) is -0.415. The third-order valence-corrected chi connectivity index (χ3v) is 5.63. The third kappa shape index (κ3) is 6.17. The number of piperidine rings is 1. The Hall–Kier alpha value is -2.66. The minimum absolute atomic E-state index is 0.00490. The SMILES string of the molecule is CC.CC.CN1CCC(c2ccc(C(=O)N(C)C)cc2)(c2cccc(C(N)=O)c2)CC1. The van der Waals surface area contributed by atoms with Crippen LogP contribution in [0, 0.1) is 0 Å². The molecule has 0 atom stereocenters. The molecule has 0 unspecified atom stereocenters. The number of likely N-dealkylation sites (tertiary alicyclic amines) is 1. The topological polar surface area (TPSA) is 66.6 Å². The summed E-state index contributed by atoms with van der Waals surface area (Å²) in [6.45, 7) is 9.94. The Morgan fingerprint density at radius 3 is 1.90 bits per heavy atom. The van der Waals surface area contributed by atoms with Crippen molar-refractivity contribution in [3.05, 3.63) is 70.8 Å². The summed E-state index contributed by atoms with van der Waals surface area (Å²) in [6.07, 6.45) is 1.90. The molecule has 5 nitrogen and oxygen atoms in total. The van der Waals surface area contributed by atoms with Crippen LogP contribution in [0.5, 0.6) is 0 Å². The number of carbonyl (C=O) groups excluding carboxylic acids is 2. The molecule has 0 aromatic heterocycles. The summed E-state index contributed by atoms with van der Waals surface area (Å²) in [7, 11) is 5.64. The van der Waals surface area contributed by atoms with Crippen molar-refractivity contribution in [2.45, 2.75) is 46.0 Å². The molecule has 5 heteroatoms.